The van der Waals surface area contributed by atoms with E-state index in [9.17, 15) is 19.5 Å². The summed E-state index contributed by atoms with van der Waals surface area (Å²) in [7, 11) is 0. The third-order valence-electron chi connectivity index (χ3n) is 6.57. The number of benzene rings is 2. The van der Waals surface area contributed by atoms with Gasteiger partial charge in [-0.15, -0.1) is 0 Å². The van der Waals surface area contributed by atoms with Crippen LogP contribution in [0.3, 0.4) is 0 Å². The van der Waals surface area contributed by atoms with Gasteiger partial charge in [0.25, 0.3) is 0 Å². The van der Waals surface area contributed by atoms with Gasteiger partial charge in [-0.1, -0.05) is 60.7 Å². The van der Waals surface area contributed by atoms with Crippen LogP contribution >= 0.6 is 0 Å². The standard InChI is InChI=1S/C26H31N3O5/c30-18-22(27-24(32)26(12-13-26)21-10-5-2-6-11-21)23(31)28-14-7-15-29(17-16-28)25(33)34-19-20-8-3-1-4-9-20/h1-6,8-11,22,30H,7,12-19H2,(H,27,32)/t22-/m0/s1. The summed E-state index contributed by atoms with van der Waals surface area (Å²) >= 11 is 0. The SMILES string of the molecule is O=C(OCc1ccccc1)N1CCCN(C(=O)[C@H](CO)NC(=O)C2(c3ccccc3)CC2)CC1. The van der Waals surface area contributed by atoms with Gasteiger partial charge in [-0.2, -0.15) is 0 Å². The molecule has 2 N–H and O–H groups in total. The number of aliphatic hydroxyl groups is 1. The number of hydrogen-bond donors (Lipinski definition) is 2. The largest absolute Gasteiger partial charge is 0.445 e. The Bertz CT molecular complexity index is 994. The second kappa shape index (κ2) is 10.7. The molecule has 0 radical (unpaired) electrons. The molecule has 1 saturated heterocycles. The van der Waals surface area contributed by atoms with Crippen LogP contribution in [0.5, 0.6) is 0 Å². The minimum atomic E-state index is -1.01. The lowest BCUT2D eigenvalue weighted by molar-refractivity contribution is -0.138. The van der Waals surface area contributed by atoms with Crippen molar-refractivity contribution in [3.05, 3.63) is 71.8 Å². The molecule has 1 atom stereocenters. The minimum absolute atomic E-state index is 0.195. The number of amides is 3. The maximum Gasteiger partial charge on any atom is 0.410 e. The minimum Gasteiger partial charge on any atom is -0.445 e. The first-order valence-corrected chi connectivity index (χ1v) is 11.8. The summed E-state index contributed by atoms with van der Waals surface area (Å²) in [5.74, 6) is -0.564. The first kappa shape index (κ1) is 23.8. The van der Waals surface area contributed by atoms with E-state index in [2.05, 4.69) is 5.32 Å². The molecule has 0 spiro atoms. The fraction of sp³-hybridized carbons (Fsp3) is 0.423. The van der Waals surface area contributed by atoms with Crippen molar-refractivity contribution in [1.82, 2.24) is 15.1 Å². The summed E-state index contributed by atoms with van der Waals surface area (Å²) in [6.07, 6.45) is 1.62. The molecule has 2 aromatic carbocycles. The van der Waals surface area contributed by atoms with Gasteiger partial charge in [0.05, 0.1) is 12.0 Å². The molecule has 0 bridgehead atoms. The van der Waals surface area contributed by atoms with E-state index in [0.29, 0.717) is 32.6 Å². The maximum atomic E-state index is 13.1. The molecular weight excluding hydrogens is 434 g/mol. The molecule has 0 aromatic heterocycles. The van der Waals surface area contributed by atoms with Crippen LogP contribution in [-0.4, -0.2) is 71.6 Å². The molecule has 2 aromatic rings. The van der Waals surface area contributed by atoms with Crippen LogP contribution in [0.2, 0.25) is 0 Å². The molecule has 180 valence electrons. The van der Waals surface area contributed by atoms with E-state index in [4.69, 9.17) is 4.74 Å². The highest BCUT2D eigenvalue weighted by molar-refractivity contribution is 5.95. The Kier molecular flexibility index (Phi) is 7.47. The zero-order valence-corrected chi connectivity index (χ0v) is 19.2. The number of nitrogens with zero attached hydrogens (tertiary/aromatic N) is 2. The maximum absolute atomic E-state index is 13.1. The Labute approximate surface area is 199 Å². The number of carbonyl (C=O) groups excluding carboxylic acids is 3. The Balaban J connectivity index is 1.30. The van der Waals surface area contributed by atoms with Crippen molar-refractivity contribution in [3.63, 3.8) is 0 Å². The topological polar surface area (TPSA) is 99.2 Å². The van der Waals surface area contributed by atoms with Gasteiger partial charge in [-0.3, -0.25) is 9.59 Å². The summed E-state index contributed by atoms with van der Waals surface area (Å²) in [4.78, 5) is 41.8. The third kappa shape index (κ3) is 5.39. The van der Waals surface area contributed by atoms with E-state index in [1.807, 2.05) is 60.7 Å². The van der Waals surface area contributed by atoms with E-state index in [0.717, 1.165) is 24.0 Å². The molecule has 34 heavy (non-hydrogen) atoms. The van der Waals surface area contributed by atoms with Gasteiger partial charge in [-0.05, 0) is 30.4 Å². The van der Waals surface area contributed by atoms with Crippen molar-refractivity contribution in [1.29, 1.82) is 0 Å². The molecule has 2 fully saturated rings. The summed E-state index contributed by atoms with van der Waals surface area (Å²) in [5.41, 5.74) is 1.22. The highest BCUT2D eigenvalue weighted by Gasteiger charge is 2.52. The number of rotatable bonds is 7. The van der Waals surface area contributed by atoms with Gasteiger partial charge < -0.3 is 25.0 Å². The van der Waals surface area contributed by atoms with Crippen molar-refractivity contribution in [2.75, 3.05) is 32.8 Å². The second-order valence-corrected chi connectivity index (χ2v) is 8.86. The van der Waals surface area contributed by atoms with Crippen LogP contribution in [0.4, 0.5) is 4.79 Å². The van der Waals surface area contributed by atoms with Gasteiger partial charge >= 0.3 is 6.09 Å². The zero-order chi connectivity index (χ0) is 24.0. The Morgan fingerprint density at radius 3 is 2.18 bits per heavy atom. The van der Waals surface area contributed by atoms with Crippen LogP contribution in [0.1, 0.15) is 30.4 Å². The molecule has 8 heteroatoms. The van der Waals surface area contributed by atoms with Crippen LogP contribution in [0.15, 0.2) is 60.7 Å². The van der Waals surface area contributed by atoms with E-state index in [1.165, 1.54) is 0 Å². The number of aliphatic hydroxyl groups excluding tert-OH is 1. The lowest BCUT2D eigenvalue weighted by Crippen LogP contribution is -2.53. The normalized spacial score (nSPS) is 17.9. The third-order valence-corrected chi connectivity index (χ3v) is 6.57. The molecule has 8 nitrogen and oxygen atoms in total. The highest BCUT2D eigenvalue weighted by Crippen LogP contribution is 2.48. The first-order valence-electron chi connectivity index (χ1n) is 11.8. The Morgan fingerprint density at radius 1 is 0.912 bits per heavy atom. The van der Waals surface area contributed by atoms with Crippen LogP contribution < -0.4 is 5.32 Å². The average molecular weight is 466 g/mol. The van der Waals surface area contributed by atoms with E-state index >= 15 is 0 Å². The van der Waals surface area contributed by atoms with E-state index in [1.54, 1.807) is 9.80 Å². The fourth-order valence-corrected chi connectivity index (χ4v) is 4.36. The van der Waals surface area contributed by atoms with Crippen molar-refractivity contribution < 1.29 is 24.2 Å². The lowest BCUT2D eigenvalue weighted by Gasteiger charge is -2.27. The van der Waals surface area contributed by atoms with E-state index in [-0.39, 0.29) is 18.4 Å². The molecule has 3 amide bonds. The van der Waals surface area contributed by atoms with Gasteiger partial charge in [0, 0.05) is 26.2 Å². The number of nitrogens with one attached hydrogen (secondary N) is 1. The Hall–Kier alpha value is -3.39. The monoisotopic (exact) mass is 465 g/mol. The zero-order valence-electron chi connectivity index (χ0n) is 19.2. The molecule has 1 aliphatic heterocycles. The quantitative estimate of drug-likeness (QED) is 0.652. The average Bonchev–Trinajstić information content (AvgIpc) is 3.71. The van der Waals surface area contributed by atoms with Gasteiger partial charge in [-0.25, -0.2) is 4.79 Å². The molecule has 1 aliphatic carbocycles. The van der Waals surface area contributed by atoms with Crippen molar-refractivity contribution in [3.8, 4) is 0 Å². The molecule has 4 rings (SSSR count). The molecule has 2 aliphatic rings. The Morgan fingerprint density at radius 2 is 1.53 bits per heavy atom. The van der Waals surface area contributed by atoms with Crippen LogP contribution in [0.25, 0.3) is 0 Å². The fourth-order valence-electron chi connectivity index (χ4n) is 4.36. The number of carbonyl (C=O) groups is 3. The predicted molar refractivity (Wildman–Crippen MR) is 126 cm³/mol. The predicted octanol–water partition coefficient (Wildman–Crippen LogP) is 2.07. The van der Waals surface area contributed by atoms with Crippen molar-refractivity contribution in [2.45, 2.75) is 37.3 Å². The first-order chi connectivity index (χ1) is 16.5. The second-order valence-electron chi connectivity index (χ2n) is 8.86. The summed E-state index contributed by atoms with van der Waals surface area (Å²) in [5, 5.41) is 12.6. The van der Waals surface area contributed by atoms with Crippen LogP contribution in [-0.2, 0) is 26.3 Å². The lowest BCUT2D eigenvalue weighted by atomic mass is 9.94. The number of ether oxygens (including phenoxy) is 1. The molecule has 1 heterocycles. The molecule has 1 saturated carbocycles. The summed E-state index contributed by atoms with van der Waals surface area (Å²) in [6, 6.07) is 18.0. The summed E-state index contributed by atoms with van der Waals surface area (Å²) in [6.45, 7) is 1.28. The van der Waals surface area contributed by atoms with E-state index < -0.39 is 24.2 Å². The van der Waals surface area contributed by atoms with Gasteiger partial charge in [0.15, 0.2) is 0 Å². The van der Waals surface area contributed by atoms with Crippen molar-refractivity contribution >= 4 is 17.9 Å². The van der Waals surface area contributed by atoms with Crippen molar-refractivity contribution in [2.24, 2.45) is 0 Å². The smallest absolute Gasteiger partial charge is 0.410 e. The molecule has 0 unspecified atom stereocenters. The van der Waals surface area contributed by atoms with Gasteiger partial charge in [0.2, 0.25) is 11.8 Å². The highest BCUT2D eigenvalue weighted by atomic mass is 16.6. The number of hydrogen-bond acceptors (Lipinski definition) is 5. The van der Waals surface area contributed by atoms with Crippen LogP contribution in [0, 0.1) is 0 Å². The summed E-state index contributed by atoms with van der Waals surface area (Å²) < 4.78 is 5.41. The van der Waals surface area contributed by atoms with Gasteiger partial charge in [0.1, 0.15) is 12.6 Å². The molecular formula is C26H31N3O5.